The van der Waals surface area contributed by atoms with E-state index < -0.39 is 6.17 Å². The molecule has 10 aromatic carbocycles. The molecule has 354 valence electrons. The highest BCUT2D eigenvalue weighted by atomic mass is 16.3. The zero-order valence-corrected chi connectivity index (χ0v) is 40.8. The van der Waals surface area contributed by atoms with Crippen LogP contribution in [-0.2, 0) is 0 Å². The number of rotatable bonds is 8. The number of nitrogens with one attached hydrogen (secondary N) is 1. The lowest BCUT2D eigenvalue weighted by Crippen LogP contribution is -2.36. The highest BCUT2D eigenvalue weighted by Crippen LogP contribution is 2.54. The Kier molecular flexibility index (Phi) is 9.98. The van der Waals surface area contributed by atoms with Gasteiger partial charge in [-0.15, -0.1) is 0 Å². The molecule has 2 aliphatic heterocycles. The van der Waals surface area contributed by atoms with Gasteiger partial charge in [0.1, 0.15) is 12.0 Å². The molecule has 0 amide bonds. The first-order valence-electron chi connectivity index (χ1n) is 25.8. The maximum atomic E-state index is 7.57. The number of hydrogen-bond donors (Lipinski definition) is 1. The van der Waals surface area contributed by atoms with Gasteiger partial charge in [-0.1, -0.05) is 231 Å². The van der Waals surface area contributed by atoms with Gasteiger partial charge in [-0.05, 0) is 63.7 Å². The van der Waals surface area contributed by atoms with Crippen molar-refractivity contribution in [1.29, 1.82) is 0 Å². The van der Waals surface area contributed by atoms with Crippen molar-refractivity contribution in [2.24, 2.45) is 9.98 Å². The number of aliphatic imine (C=N–C) groups is 2. The minimum atomic E-state index is -0.458. The molecule has 75 heavy (non-hydrogen) atoms. The Morgan fingerprint density at radius 1 is 0.413 bits per heavy atom. The van der Waals surface area contributed by atoms with E-state index in [9.17, 15) is 0 Å². The summed E-state index contributed by atoms with van der Waals surface area (Å²) in [5, 5.41) is 8.40. The first kappa shape index (κ1) is 42.9. The van der Waals surface area contributed by atoms with Gasteiger partial charge in [0.25, 0.3) is 0 Å². The molecular formula is C69H47N5O. The number of fused-ring (bicyclic) bond motifs is 11. The molecule has 15 rings (SSSR count). The Labute approximate surface area is 434 Å². The largest absolute Gasteiger partial charge is 0.452 e. The van der Waals surface area contributed by atoms with E-state index >= 15 is 0 Å². The van der Waals surface area contributed by atoms with Crippen LogP contribution in [0.5, 0.6) is 0 Å². The Hall–Kier alpha value is -9.78. The lowest BCUT2D eigenvalue weighted by Gasteiger charge is -2.32. The third-order valence-corrected chi connectivity index (χ3v) is 15.4. The number of allylic oxidation sites excluding steroid dienone is 2. The van der Waals surface area contributed by atoms with Gasteiger partial charge >= 0.3 is 0 Å². The lowest BCUT2D eigenvalue weighted by atomic mass is 9.91. The molecule has 0 bridgehead atoms. The predicted molar refractivity (Wildman–Crippen MR) is 310 cm³/mol. The number of benzene rings is 10. The summed E-state index contributed by atoms with van der Waals surface area (Å²) in [6.45, 7) is 0. The number of para-hydroxylation sites is 3. The molecule has 0 spiro atoms. The molecule has 3 unspecified atom stereocenters. The standard InChI is InChI=1S/C69H47N5O/c1-4-22-44(23-5-1)47-28-10-12-33-56(47)67-70-68(57-34-13-11-29-48(57)45-24-6-2-7-25-45)72-69(71-67)58-35-17-21-39-62(58)74-61-38-20-16-32-51(61)53-41-43-55-54-42-40-52-50-31-15-19-37-60(50)73(63(52)65(54)75-66(55)64(53)74)59-36-18-14-30-49(59)46-26-8-3-9-27-46/h1-43,51,61,67H,(H,70,71,72). The SMILES string of the molecule is C1=CC2c3ccc4c(oc5c4ccc4c6ccccc6n(-c6ccccc6-c6ccccc6)c45)c3N(c3ccccc3C3=NC(c4ccccc4-c4ccccc4)=NC(c4ccccc4-c4ccccc4)N3)C2C=C1. The van der Waals surface area contributed by atoms with Crippen LogP contribution in [0.3, 0.4) is 0 Å². The van der Waals surface area contributed by atoms with Crippen molar-refractivity contribution in [2.45, 2.75) is 18.1 Å². The van der Waals surface area contributed by atoms with E-state index in [0.29, 0.717) is 5.84 Å². The van der Waals surface area contributed by atoms with Gasteiger partial charge < -0.3 is 19.2 Å². The summed E-state index contributed by atoms with van der Waals surface area (Å²) < 4.78 is 9.99. The van der Waals surface area contributed by atoms with Crippen molar-refractivity contribution in [3.8, 4) is 39.1 Å². The molecule has 1 aliphatic carbocycles. The maximum Gasteiger partial charge on any atom is 0.160 e. The first-order chi connectivity index (χ1) is 37.2. The number of anilines is 2. The number of furan rings is 1. The number of aromatic nitrogens is 1. The fraction of sp³-hybridized carbons (Fsp3) is 0.0435. The number of amidine groups is 2. The van der Waals surface area contributed by atoms with Gasteiger partial charge in [-0.2, -0.15) is 0 Å². The minimum absolute atomic E-state index is 0.0279. The monoisotopic (exact) mass is 961 g/mol. The average Bonchev–Trinajstić information content (AvgIpc) is 4.17. The molecule has 1 N–H and O–H groups in total. The maximum absolute atomic E-state index is 7.57. The Balaban J connectivity index is 0.947. The second-order valence-electron chi connectivity index (χ2n) is 19.6. The van der Waals surface area contributed by atoms with Crippen LogP contribution in [0.4, 0.5) is 11.4 Å². The summed E-state index contributed by atoms with van der Waals surface area (Å²) >= 11 is 0. The fourth-order valence-corrected chi connectivity index (χ4v) is 12.1. The fourth-order valence-electron chi connectivity index (χ4n) is 12.1. The van der Waals surface area contributed by atoms with Gasteiger partial charge in [0, 0.05) is 49.7 Å². The smallest absolute Gasteiger partial charge is 0.160 e. The average molecular weight is 962 g/mol. The van der Waals surface area contributed by atoms with Crippen LogP contribution in [0.2, 0.25) is 0 Å². The van der Waals surface area contributed by atoms with Crippen LogP contribution in [0.15, 0.2) is 275 Å². The van der Waals surface area contributed by atoms with Gasteiger partial charge in [0.2, 0.25) is 0 Å². The van der Waals surface area contributed by atoms with Gasteiger partial charge in [0.05, 0.1) is 34.1 Å². The molecule has 3 aliphatic rings. The van der Waals surface area contributed by atoms with Crippen LogP contribution in [-0.4, -0.2) is 22.3 Å². The number of nitrogens with zero attached hydrogens (tertiary/aromatic N) is 4. The molecular weight excluding hydrogens is 915 g/mol. The number of hydrogen-bond acceptors (Lipinski definition) is 5. The van der Waals surface area contributed by atoms with E-state index in [1.54, 1.807) is 0 Å². The molecule has 6 nitrogen and oxygen atoms in total. The molecule has 0 saturated carbocycles. The second kappa shape index (κ2) is 17.5. The summed E-state index contributed by atoms with van der Waals surface area (Å²) in [4.78, 5) is 13.6. The summed E-state index contributed by atoms with van der Waals surface area (Å²) in [5.74, 6) is 1.49. The second-order valence-corrected chi connectivity index (χ2v) is 19.6. The van der Waals surface area contributed by atoms with Gasteiger partial charge in [-0.3, -0.25) is 0 Å². The van der Waals surface area contributed by atoms with Crippen LogP contribution >= 0.6 is 0 Å². The molecule has 2 aromatic heterocycles. The summed E-state index contributed by atoms with van der Waals surface area (Å²) in [6, 6.07) is 84.2. The van der Waals surface area contributed by atoms with Crippen LogP contribution in [0.1, 0.15) is 34.3 Å². The molecule has 3 atom stereocenters. The minimum Gasteiger partial charge on any atom is -0.452 e. The summed E-state index contributed by atoms with van der Waals surface area (Å²) in [6.07, 6.45) is 8.59. The lowest BCUT2D eigenvalue weighted by molar-refractivity contribution is 0.669. The van der Waals surface area contributed by atoms with Crippen LogP contribution in [0.25, 0.3) is 82.8 Å². The van der Waals surface area contributed by atoms with E-state index in [2.05, 4.69) is 276 Å². The molecule has 0 radical (unpaired) electrons. The van der Waals surface area contributed by atoms with Gasteiger partial charge in [-0.25, -0.2) is 9.98 Å². The van der Waals surface area contributed by atoms with Crippen molar-refractivity contribution in [2.75, 3.05) is 4.90 Å². The molecule has 12 aromatic rings. The highest BCUT2D eigenvalue weighted by Gasteiger charge is 2.41. The summed E-state index contributed by atoms with van der Waals surface area (Å²) in [7, 11) is 0. The predicted octanol–water partition coefficient (Wildman–Crippen LogP) is 16.9. The van der Waals surface area contributed by atoms with E-state index in [0.717, 1.165) is 111 Å². The van der Waals surface area contributed by atoms with E-state index in [4.69, 9.17) is 14.4 Å². The normalized spacial score (nSPS) is 16.8. The third-order valence-electron chi connectivity index (χ3n) is 15.4. The van der Waals surface area contributed by atoms with Crippen molar-refractivity contribution >= 4 is 66.8 Å². The molecule has 6 heteroatoms. The first-order valence-corrected chi connectivity index (χ1v) is 25.8. The van der Waals surface area contributed by atoms with Gasteiger partial charge in [0.15, 0.2) is 17.0 Å². The van der Waals surface area contributed by atoms with E-state index in [1.165, 1.54) is 10.9 Å². The molecule has 0 fully saturated rings. The van der Waals surface area contributed by atoms with E-state index in [-0.39, 0.29) is 12.0 Å². The Morgan fingerprint density at radius 2 is 0.973 bits per heavy atom. The third kappa shape index (κ3) is 6.87. The van der Waals surface area contributed by atoms with E-state index in [1.807, 2.05) is 0 Å². The topological polar surface area (TPSA) is 58.1 Å². The van der Waals surface area contributed by atoms with Crippen molar-refractivity contribution in [1.82, 2.24) is 9.88 Å². The van der Waals surface area contributed by atoms with Crippen molar-refractivity contribution < 1.29 is 4.42 Å². The highest BCUT2D eigenvalue weighted by molar-refractivity contribution is 6.24. The van der Waals surface area contributed by atoms with Crippen molar-refractivity contribution in [3.63, 3.8) is 0 Å². The quantitative estimate of drug-likeness (QED) is 0.165. The molecule has 4 heterocycles. The van der Waals surface area contributed by atoms with Crippen LogP contribution < -0.4 is 10.2 Å². The van der Waals surface area contributed by atoms with Crippen molar-refractivity contribution in [3.05, 3.63) is 283 Å². The van der Waals surface area contributed by atoms with Crippen LogP contribution in [0, 0.1) is 0 Å². The molecule has 0 saturated heterocycles. The zero-order chi connectivity index (χ0) is 49.4. The zero-order valence-electron chi connectivity index (χ0n) is 40.8. The summed E-state index contributed by atoms with van der Waals surface area (Å²) in [5.41, 5.74) is 18.1. The Morgan fingerprint density at radius 3 is 1.75 bits per heavy atom. The Bertz CT molecular complexity index is 4350.